The summed E-state index contributed by atoms with van der Waals surface area (Å²) in [7, 11) is 1.43. The van der Waals surface area contributed by atoms with Crippen LogP contribution in [0.15, 0.2) is 65.8 Å². The maximum Gasteiger partial charge on any atom is 0.246 e. The highest BCUT2D eigenvalue weighted by molar-refractivity contribution is 5.99. The number of guanidine groups is 1. The topological polar surface area (TPSA) is 335 Å². The minimum Gasteiger partial charge on any atom is -0.370 e. The maximum atomic E-state index is 14.8. The molecule has 0 aliphatic carbocycles. The molecule has 3 heterocycles. The van der Waals surface area contributed by atoms with Gasteiger partial charge in [0.25, 0.3) is 0 Å². The molecule has 2 aromatic carbocycles. The first-order valence-corrected chi connectivity index (χ1v) is 23.8. The van der Waals surface area contributed by atoms with Crippen LogP contribution in [0.1, 0.15) is 88.7 Å². The molecule has 2 aliphatic heterocycles. The Morgan fingerprint density at radius 2 is 1.55 bits per heavy atom. The number of likely N-dealkylation sites (N-methyl/N-ethyl adjacent to an activating group) is 1. The van der Waals surface area contributed by atoms with E-state index >= 15 is 0 Å². The molecule has 5 rings (SSSR count). The first-order chi connectivity index (χ1) is 33.1. The van der Waals surface area contributed by atoms with Gasteiger partial charge in [-0.3, -0.25) is 43.3 Å². The molecule has 0 radical (unpaired) electrons. The lowest BCUT2D eigenvalue weighted by Crippen LogP contribution is -2.60. The number of unbranched alkanes of at least 4 members (excludes halogenated alkanes) is 1. The van der Waals surface area contributed by atoms with Crippen molar-refractivity contribution in [2.45, 2.75) is 133 Å². The summed E-state index contributed by atoms with van der Waals surface area (Å²) in [5.41, 5.74) is 25.4. The summed E-state index contributed by atoms with van der Waals surface area (Å²) in [4.78, 5) is 122. The Morgan fingerprint density at radius 1 is 0.826 bits per heavy atom. The standard InChI is InChI=1S/C48H69N13O8/c1-3-4-17-32(49)42(64)59-37-27-40(62)53-22-11-10-19-34(41(50)63)56-45(67)39(26-30-28-55-33-18-9-8-16-31(30)33)60(2)46(68)35(20-12-23-54-48(51)52)57-43(65)36(25-29-14-6-5-7-15-29)58-44(66)38-21-13-24-61(38)47(37)69/h5-9,14-16,18,28,32,34-39,55H,3-4,10-13,17,19-27,49H2,1-2H3,(H2,50,63)(H,53,62)(H,56,67)(H,57,65)(H,58,66)(H,59,64)(H4,51,52,54)/t32-,34-,35-,36+,37-,38-,39-/m0/s1. The monoisotopic (exact) mass is 956 g/mol. The van der Waals surface area contributed by atoms with E-state index in [-0.39, 0.29) is 64.1 Å². The summed E-state index contributed by atoms with van der Waals surface area (Å²) in [6.07, 6.45) is 4.69. The fourth-order valence-corrected chi connectivity index (χ4v) is 8.72. The van der Waals surface area contributed by atoms with Crippen LogP contribution in [0.5, 0.6) is 0 Å². The van der Waals surface area contributed by atoms with Gasteiger partial charge in [0.15, 0.2) is 5.96 Å². The lowest BCUT2D eigenvalue weighted by Gasteiger charge is -2.33. The number of carbonyl (C=O) groups is 8. The minimum absolute atomic E-state index is 0.000308. The molecule has 0 saturated carbocycles. The lowest BCUT2D eigenvalue weighted by atomic mass is 10.00. The number of nitrogens with zero attached hydrogens (tertiary/aromatic N) is 3. The SMILES string of the molecule is CCCC[C@H](N)C(=O)N[C@H]1CC(=O)NCCCC[C@@H](C(N)=O)NC(=O)[C@H](Cc2c[nH]c3ccccc23)N(C)C(=O)[C@H](CCCN=C(N)N)NC(=O)[C@@H](Cc2ccccc2)NC(=O)[C@@H]2CCCN2C1=O. The number of aliphatic imine (C=N–C) groups is 1. The van der Waals surface area contributed by atoms with Crippen molar-refractivity contribution in [2.75, 3.05) is 26.7 Å². The van der Waals surface area contributed by atoms with Gasteiger partial charge in [-0.15, -0.1) is 0 Å². The van der Waals surface area contributed by atoms with Crippen LogP contribution in [0.2, 0.25) is 0 Å². The number of fused-ring (bicyclic) bond motifs is 2. The zero-order valence-corrected chi connectivity index (χ0v) is 39.5. The number of carbonyl (C=O) groups excluding carboxylic acids is 8. The molecule has 1 aromatic heterocycles. The number of amides is 8. The third kappa shape index (κ3) is 15.2. The molecular formula is C48H69N13O8. The van der Waals surface area contributed by atoms with Crippen LogP contribution < -0.4 is 49.5 Å². The van der Waals surface area contributed by atoms with Gasteiger partial charge in [-0.2, -0.15) is 0 Å². The van der Waals surface area contributed by atoms with Crippen LogP contribution in [0.25, 0.3) is 10.9 Å². The minimum atomic E-state index is -1.38. The largest absolute Gasteiger partial charge is 0.370 e. The van der Waals surface area contributed by atoms with E-state index in [1.54, 1.807) is 36.5 Å². The van der Waals surface area contributed by atoms with E-state index in [9.17, 15) is 38.4 Å². The molecule has 0 spiro atoms. The molecule has 14 N–H and O–H groups in total. The Hall–Kier alpha value is -7.03. The highest BCUT2D eigenvalue weighted by Crippen LogP contribution is 2.23. The smallest absolute Gasteiger partial charge is 0.246 e. The van der Waals surface area contributed by atoms with Crippen molar-refractivity contribution in [3.05, 3.63) is 71.9 Å². The second-order valence-electron chi connectivity index (χ2n) is 17.8. The summed E-state index contributed by atoms with van der Waals surface area (Å²) in [6, 6.07) is 7.99. The number of benzene rings is 2. The molecule has 8 amide bonds. The Kier molecular flexibility index (Phi) is 19.9. The molecule has 374 valence electrons. The molecular weight excluding hydrogens is 887 g/mol. The second kappa shape index (κ2) is 25.9. The third-order valence-electron chi connectivity index (χ3n) is 12.6. The van der Waals surface area contributed by atoms with Crippen LogP contribution in [-0.4, -0.2) is 137 Å². The van der Waals surface area contributed by atoms with Crippen LogP contribution >= 0.6 is 0 Å². The van der Waals surface area contributed by atoms with Crippen LogP contribution in [0.4, 0.5) is 0 Å². The van der Waals surface area contributed by atoms with Gasteiger partial charge in [-0.1, -0.05) is 68.3 Å². The second-order valence-corrected chi connectivity index (χ2v) is 17.8. The number of nitrogens with one attached hydrogen (secondary N) is 6. The summed E-state index contributed by atoms with van der Waals surface area (Å²) >= 11 is 0. The number of H-pyrrole nitrogens is 1. The molecule has 2 aliphatic rings. The predicted octanol–water partition coefficient (Wildman–Crippen LogP) is -0.543. The van der Waals surface area contributed by atoms with Gasteiger partial charge in [0.05, 0.1) is 12.5 Å². The van der Waals surface area contributed by atoms with Gasteiger partial charge in [0, 0.05) is 56.6 Å². The van der Waals surface area contributed by atoms with E-state index < -0.39 is 96.0 Å². The quantitative estimate of drug-likeness (QED) is 0.0556. The average molecular weight is 956 g/mol. The van der Waals surface area contributed by atoms with E-state index in [1.807, 2.05) is 31.2 Å². The first-order valence-electron chi connectivity index (χ1n) is 23.8. The summed E-state index contributed by atoms with van der Waals surface area (Å²) in [5.74, 6) is -5.56. The number of aromatic nitrogens is 1. The van der Waals surface area contributed by atoms with Gasteiger partial charge in [0.1, 0.15) is 36.3 Å². The first kappa shape index (κ1) is 52.9. The summed E-state index contributed by atoms with van der Waals surface area (Å²) < 4.78 is 0. The Bertz CT molecular complexity index is 2300. The van der Waals surface area contributed by atoms with Gasteiger partial charge in [-0.05, 0) is 68.6 Å². The number of aromatic amines is 1. The Morgan fingerprint density at radius 3 is 2.28 bits per heavy atom. The van der Waals surface area contributed by atoms with Gasteiger partial charge < -0.3 is 64.3 Å². The fourth-order valence-electron chi connectivity index (χ4n) is 8.72. The van der Waals surface area contributed by atoms with Gasteiger partial charge in [0.2, 0.25) is 47.3 Å². The molecule has 2 saturated heterocycles. The van der Waals surface area contributed by atoms with Gasteiger partial charge in [-0.25, -0.2) is 0 Å². The zero-order valence-electron chi connectivity index (χ0n) is 39.5. The van der Waals surface area contributed by atoms with E-state index in [4.69, 9.17) is 22.9 Å². The number of hydrogen-bond donors (Lipinski definition) is 10. The molecule has 21 nitrogen and oxygen atoms in total. The van der Waals surface area contributed by atoms with Crippen molar-refractivity contribution in [3.63, 3.8) is 0 Å². The Balaban J connectivity index is 1.53. The molecule has 7 atom stereocenters. The van der Waals surface area contributed by atoms with Crippen molar-refractivity contribution in [2.24, 2.45) is 27.9 Å². The number of nitrogens with two attached hydrogens (primary N) is 4. The van der Waals surface area contributed by atoms with E-state index in [1.165, 1.54) is 16.8 Å². The van der Waals surface area contributed by atoms with E-state index in [0.29, 0.717) is 43.2 Å². The third-order valence-corrected chi connectivity index (χ3v) is 12.6. The highest BCUT2D eigenvalue weighted by atomic mass is 16.2. The van der Waals surface area contributed by atoms with Crippen LogP contribution in [0.3, 0.4) is 0 Å². The van der Waals surface area contributed by atoms with Crippen LogP contribution in [0, 0.1) is 0 Å². The van der Waals surface area contributed by atoms with Crippen LogP contribution in [-0.2, 0) is 51.2 Å². The molecule has 3 aromatic rings. The molecule has 2 fully saturated rings. The fraction of sp³-hybridized carbons (Fsp3) is 0.521. The maximum absolute atomic E-state index is 14.8. The molecule has 69 heavy (non-hydrogen) atoms. The summed E-state index contributed by atoms with van der Waals surface area (Å²) in [6.45, 7) is 2.31. The van der Waals surface area contributed by atoms with Crippen molar-refractivity contribution in [1.82, 2.24) is 41.4 Å². The van der Waals surface area contributed by atoms with Crippen molar-refractivity contribution < 1.29 is 38.4 Å². The molecule has 21 heteroatoms. The van der Waals surface area contributed by atoms with Crippen molar-refractivity contribution in [3.8, 4) is 0 Å². The number of primary amides is 1. The van der Waals surface area contributed by atoms with E-state index in [2.05, 4.69) is 36.6 Å². The summed E-state index contributed by atoms with van der Waals surface area (Å²) in [5, 5.41) is 14.7. The highest BCUT2D eigenvalue weighted by Gasteiger charge is 2.41. The van der Waals surface area contributed by atoms with Crippen molar-refractivity contribution in [1.29, 1.82) is 0 Å². The average Bonchev–Trinajstić information content (AvgIpc) is 3.99. The number of hydrogen-bond acceptors (Lipinski definition) is 10. The normalized spacial score (nSPS) is 23.2. The lowest BCUT2D eigenvalue weighted by molar-refractivity contribution is -0.144. The van der Waals surface area contributed by atoms with Crippen molar-refractivity contribution >= 4 is 64.1 Å². The molecule has 0 bridgehead atoms. The molecule has 0 unspecified atom stereocenters. The Labute approximate surface area is 402 Å². The predicted molar refractivity (Wildman–Crippen MR) is 259 cm³/mol. The zero-order chi connectivity index (χ0) is 50.0. The van der Waals surface area contributed by atoms with Gasteiger partial charge >= 0.3 is 0 Å². The van der Waals surface area contributed by atoms with E-state index in [0.717, 1.165) is 17.3 Å². The number of para-hydroxylation sites is 1. The number of rotatable bonds is 14.